The standard InChI is InChI=1S/C13H20N2OS/c1-3-13(4-2)8-15(9-13)12(16)6-5-11-7-14-10-17-11/h7,10H,3-6,8-9H2,1-2H3. The van der Waals surface area contributed by atoms with E-state index in [1.165, 1.54) is 17.7 Å². The Hall–Kier alpha value is -0.900. The molecule has 1 aliphatic rings. The van der Waals surface area contributed by atoms with Crippen molar-refractivity contribution in [3.8, 4) is 0 Å². The Morgan fingerprint density at radius 2 is 2.18 bits per heavy atom. The molecule has 1 saturated heterocycles. The summed E-state index contributed by atoms with van der Waals surface area (Å²) in [4.78, 5) is 19.2. The molecule has 0 spiro atoms. The predicted molar refractivity (Wildman–Crippen MR) is 70.0 cm³/mol. The number of likely N-dealkylation sites (tertiary alicyclic amines) is 1. The van der Waals surface area contributed by atoms with Crippen LogP contribution in [0.5, 0.6) is 0 Å². The minimum Gasteiger partial charge on any atom is -0.341 e. The van der Waals surface area contributed by atoms with Gasteiger partial charge in [-0.2, -0.15) is 0 Å². The van der Waals surface area contributed by atoms with E-state index < -0.39 is 0 Å². The molecule has 94 valence electrons. The van der Waals surface area contributed by atoms with E-state index in [0.29, 0.717) is 17.7 Å². The van der Waals surface area contributed by atoms with Gasteiger partial charge in [0, 0.05) is 36.0 Å². The molecule has 1 aromatic heterocycles. The van der Waals surface area contributed by atoms with Crippen molar-refractivity contribution < 1.29 is 4.79 Å². The number of amides is 1. The molecule has 1 fully saturated rings. The Labute approximate surface area is 107 Å². The Bertz CT molecular complexity index is 363. The van der Waals surface area contributed by atoms with Crippen LogP contribution in [0.25, 0.3) is 0 Å². The van der Waals surface area contributed by atoms with Crippen molar-refractivity contribution in [3.63, 3.8) is 0 Å². The van der Waals surface area contributed by atoms with Gasteiger partial charge in [-0.25, -0.2) is 0 Å². The summed E-state index contributed by atoms with van der Waals surface area (Å²) in [7, 11) is 0. The highest BCUT2D eigenvalue weighted by Crippen LogP contribution is 2.37. The summed E-state index contributed by atoms with van der Waals surface area (Å²) in [6.07, 6.45) is 5.69. The Morgan fingerprint density at radius 3 is 2.71 bits per heavy atom. The van der Waals surface area contributed by atoms with Crippen molar-refractivity contribution in [2.45, 2.75) is 39.5 Å². The number of carbonyl (C=O) groups excluding carboxylic acids is 1. The molecular formula is C13H20N2OS. The molecule has 0 N–H and O–H groups in total. The number of carbonyl (C=O) groups is 1. The van der Waals surface area contributed by atoms with Crippen LogP contribution in [-0.4, -0.2) is 28.9 Å². The summed E-state index contributed by atoms with van der Waals surface area (Å²) in [6, 6.07) is 0. The molecule has 2 rings (SSSR count). The van der Waals surface area contributed by atoms with Crippen LogP contribution in [-0.2, 0) is 11.2 Å². The molecule has 0 aromatic carbocycles. The van der Waals surface area contributed by atoms with Gasteiger partial charge in [-0.15, -0.1) is 11.3 Å². The number of hydrogen-bond donors (Lipinski definition) is 0. The Balaban J connectivity index is 1.76. The van der Waals surface area contributed by atoms with Gasteiger partial charge in [0.25, 0.3) is 0 Å². The lowest BCUT2D eigenvalue weighted by atomic mass is 9.75. The van der Waals surface area contributed by atoms with Gasteiger partial charge in [0.1, 0.15) is 0 Å². The van der Waals surface area contributed by atoms with E-state index in [9.17, 15) is 4.79 Å². The quantitative estimate of drug-likeness (QED) is 0.807. The number of aromatic nitrogens is 1. The van der Waals surface area contributed by atoms with Gasteiger partial charge in [-0.05, 0) is 19.3 Å². The minimum atomic E-state index is 0.302. The second kappa shape index (κ2) is 5.17. The molecule has 1 aliphatic heterocycles. The zero-order valence-electron chi connectivity index (χ0n) is 10.6. The molecule has 2 heterocycles. The smallest absolute Gasteiger partial charge is 0.222 e. The van der Waals surface area contributed by atoms with Crippen molar-refractivity contribution in [1.82, 2.24) is 9.88 Å². The van der Waals surface area contributed by atoms with Gasteiger partial charge in [0.2, 0.25) is 5.91 Å². The van der Waals surface area contributed by atoms with Crippen molar-refractivity contribution in [2.75, 3.05) is 13.1 Å². The summed E-state index contributed by atoms with van der Waals surface area (Å²) in [6.45, 7) is 6.37. The normalized spacial score (nSPS) is 17.9. The first-order valence-corrected chi connectivity index (χ1v) is 7.22. The predicted octanol–water partition coefficient (Wildman–Crippen LogP) is 2.72. The molecule has 1 amide bonds. The topological polar surface area (TPSA) is 33.2 Å². The third kappa shape index (κ3) is 2.68. The highest BCUT2D eigenvalue weighted by Gasteiger charge is 2.41. The van der Waals surface area contributed by atoms with Gasteiger partial charge in [-0.1, -0.05) is 13.8 Å². The number of rotatable bonds is 5. The van der Waals surface area contributed by atoms with Crippen LogP contribution >= 0.6 is 11.3 Å². The average Bonchev–Trinajstić information content (AvgIpc) is 2.79. The first kappa shape index (κ1) is 12.6. The first-order chi connectivity index (χ1) is 8.19. The zero-order chi connectivity index (χ0) is 12.3. The van der Waals surface area contributed by atoms with Crippen molar-refractivity contribution in [3.05, 3.63) is 16.6 Å². The van der Waals surface area contributed by atoms with Crippen LogP contribution in [0, 0.1) is 5.41 Å². The lowest BCUT2D eigenvalue weighted by molar-refractivity contribution is -0.143. The largest absolute Gasteiger partial charge is 0.341 e. The van der Waals surface area contributed by atoms with E-state index in [-0.39, 0.29) is 0 Å². The monoisotopic (exact) mass is 252 g/mol. The molecule has 0 aliphatic carbocycles. The summed E-state index contributed by atoms with van der Waals surface area (Å²) in [5.41, 5.74) is 2.24. The van der Waals surface area contributed by atoms with E-state index in [2.05, 4.69) is 18.8 Å². The van der Waals surface area contributed by atoms with E-state index in [1.807, 2.05) is 16.6 Å². The fourth-order valence-corrected chi connectivity index (χ4v) is 2.99. The molecule has 0 saturated carbocycles. The fourth-order valence-electron chi connectivity index (χ4n) is 2.39. The Morgan fingerprint density at radius 1 is 1.47 bits per heavy atom. The second-order valence-electron chi connectivity index (χ2n) is 4.92. The summed E-state index contributed by atoms with van der Waals surface area (Å²) in [5, 5.41) is 0. The van der Waals surface area contributed by atoms with E-state index in [0.717, 1.165) is 19.5 Å². The maximum absolute atomic E-state index is 12.0. The third-order valence-corrected chi connectivity index (χ3v) is 4.81. The second-order valence-corrected chi connectivity index (χ2v) is 5.90. The van der Waals surface area contributed by atoms with E-state index in [1.54, 1.807) is 11.3 Å². The van der Waals surface area contributed by atoms with Gasteiger partial charge in [-0.3, -0.25) is 9.78 Å². The maximum atomic E-state index is 12.0. The molecule has 0 radical (unpaired) electrons. The highest BCUT2D eigenvalue weighted by atomic mass is 32.1. The van der Waals surface area contributed by atoms with Crippen LogP contribution in [0.1, 0.15) is 38.0 Å². The SMILES string of the molecule is CCC1(CC)CN(C(=O)CCc2cncs2)C1. The molecule has 0 unspecified atom stereocenters. The summed E-state index contributed by atoms with van der Waals surface area (Å²) >= 11 is 1.63. The molecule has 1 aromatic rings. The van der Waals surface area contributed by atoms with Crippen LogP contribution in [0.4, 0.5) is 0 Å². The average molecular weight is 252 g/mol. The zero-order valence-corrected chi connectivity index (χ0v) is 11.4. The number of aryl methyl sites for hydroxylation is 1. The maximum Gasteiger partial charge on any atom is 0.222 e. The fraction of sp³-hybridized carbons (Fsp3) is 0.692. The Kier molecular flexibility index (Phi) is 3.82. The third-order valence-electron chi connectivity index (χ3n) is 3.97. The summed E-state index contributed by atoms with van der Waals surface area (Å²) < 4.78 is 0. The number of nitrogens with zero attached hydrogens (tertiary/aromatic N) is 2. The molecule has 0 bridgehead atoms. The number of hydrogen-bond acceptors (Lipinski definition) is 3. The summed E-state index contributed by atoms with van der Waals surface area (Å²) in [5.74, 6) is 0.302. The molecule has 3 nitrogen and oxygen atoms in total. The highest BCUT2D eigenvalue weighted by molar-refractivity contribution is 7.09. The van der Waals surface area contributed by atoms with Crippen LogP contribution in [0.15, 0.2) is 11.7 Å². The van der Waals surface area contributed by atoms with E-state index >= 15 is 0 Å². The van der Waals surface area contributed by atoms with Gasteiger partial charge in [0.15, 0.2) is 0 Å². The lowest BCUT2D eigenvalue weighted by Gasteiger charge is -2.49. The van der Waals surface area contributed by atoms with E-state index in [4.69, 9.17) is 0 Å². The first-order valence-electron chi connectivity index (χ1n) is 6.34. The van der Waals surface area contributed by atoms with Crippen molar-refractivity contribution >= 4 is 17.2 Å². The van der Waals surface area contributed by atoms with Gasteiger partial charge in [0.05, 0.1) is 5.51 Å². The minimum absolute atomic E-state index is 0.302. The molecule has 4 heteroatoms. The van der Waals surface area contributed by atoms with Crippen molar-refractivity contribution in [1.29, 1.82) is 0 Å². The lowest BCUT2D eigenvalue weighted by Crippen LogP contribution is -2.57. The van der Waals surface area contributed by atoms with Gasteiger partial charge < -0.3 is 4.90 Å². The van der Waals surface area contributed by atoms with Gasteiger partial charge >= 0.3 is 0 Å². The van der Waals surface area contributed by atoms with Crippen molar-refractivity contribution in [2.24, 2.45) is 5.41 Å². The van der Waals surface area contributed by atoms with Crippen LogP contribution < -0.4 is 0 Å². The van der Waals surface area contributed by atoms with Crippen LogP contribution in [0.3, 0.4) is 0 Å². The van der Waals surface area contributed by atoms with Crippen LogP contribution in [0.2, 0.25) is 0 Å². The number of thiazole rings is 1. The molecular weight excluding hydrogens is 232 g/mol. The molecule has 17 heavy (non-hydrogen) atoms. The molecule has 0 atom stereocenters.